The van der Waals surface area contributed by atoms with E-state index < -0.39 is 17.4 Å². The molecule has 0 unspecified atom stereocenters. The van der Waals surface area contributed by atoms with E-state index in [0.29, 0.717) is 7.14 Å². The van der Waals surface area contributed by atoms with Gasteiger partial charge in [-0.25, -0.2) is 4.79 Å². The number of amides is 1. The summed E-state index contributed by atoms with van der Waals surface area (Å²) >= 11 is 3.96. The molecular formula is C12H13I2NO4. The Hall–Kier alpha value is -0.580. The number of phenols is 1. The first kappa shape index (κ1) is 16.5. The molecule has 0 spiro atoms. The average Bonchev–Trinajstić information content (AvgIpc) is 2.24. The lowest BCUT2D eigenvalue weighted by Gasteiger charge is -2.26. The van der Waals surface area contributed by atoms with Gasteiger partial charge in [0.05, 0.1) is 7.14 Å². The van der Waals surface area contributed by atoms with Gasteiger partial charge in [0, 0.05) is 13.3 Å². The number of carbonyl (C=O) groups is 2. The lowest BCUT2D eigenvalue weighted by atomic mass is 9.92. The molecule has 1 rings (SSSR count). The van der Waals surface area contributed by atoms with Gasteiger partial charge in [0.25, 0.3) is 0 Å². The number of benzene rings is 1. The second-order valence-corrected chi connectivity index (χ2v) is 6.73. The van der Waals surface area contributed by atoms with Crippen LogP contribution in [0.5, 0.6) is 5.75 Å². The van der Waals surface area contributed by atoms with Crippen LogP contribution in [-0.2, 0) is 16.0 Å². The summed E-state index contributed by atoms with van der Waals surface area (Å²) in [6, 6.07) is 3.42. The van der Waals surface area contributed by atoms with Gasteiger partial charge in [0.2, 0.25) is 5.91 Å². The van der Waals surface area contributed by atoms with Crippen molar-refractivity contribution in [1.29, 1.82) is 0 Å². The van der Waals surface area contributed by atoms with Crippen LogP contribution in [0.4, 0.5) is 0 Å². The maximum Gasteiger partial charge on any atom is 0.329 e. The Morgan fingerprint density at radius 2 is 1.79 bits per heavy atom. The van der Waals surface area contributed by atoms with Gasteiger partial charge in [0.15, 0.2) is 0 Å². The monoisotopic (exact) mass is 489 g/mol. The highest BCUT2D eigenvalue weighted by Gasteiger charge is 2.34. The van der Waals surface area contributed by atoms with Crippen LogP contribution in [0.2, 0.25) is 0 Å². The minimum Gasteiger partial charge on any atom is -0.506 e. The van der Waals surface area contributed by atoms with Crippen LogP contribution in [0.25, 0.3) is 0 Å². The van der Waals surface area contributed by atoms with E-state index in [1.54, 1.807) is 12.1 Å². The zero-order chi connectivity index (χ0) is 14.8. The fraction of sp³-hybridized carbons (Fsp3) is 0.333. The van der Waals surface area contributed by atoms with Crippen molar-refractivity contribution >= 4 is 57.1 Å². The number of aliphatic carboxylic acids is 1. The Bertz CT molecular complexity index is 509. The molecular weight excluding hydrogens is 476 g/mol. The second-order valence-electron chi connectivity index (χ2n) is 4.40. The molecule has 0 aliphatic heterocycles. The van der Waals surface area contributed by atoms with Crippen LogP contribution in [0, 0.1) is 7.14 Å². The third-order valence-corrected chi connectivity index (χ3v) is 4.20. The first-order chi connectivity index (χ1) is 8.65. The van der Waals surface area contributed by atoms with Gasteiger partial charge >= 0.3 is 5.97 Å². The van der Waals surface area contributed by atoms with Gasteiger partial charge < -0.3 is 15.5 Å². The van der Waals surface area contributed by atoms with E-state index in [0.717, 1.165) is 5.56 Å². The molecule has 7 heteroatoms. The lowest BCUT2D eigenvalue weighted by Crippen LogP contribution is -2.53. The minimum absolute atomic E-state index is 0.147. The van der Waals surface area contributed by atoms with Crippen molar-refractivity contribution in [3.05, 3.63) is 24.8 Å². The number of carbonyl (C=O) groups excluding carboxylic acids is 1. The van der Waals surface area contributed by atoms with Gasteiger partial charge in [0.1, 0.15) is 11.3 Å². The molecule has 1 aromatic carbocycles. The number of hydrogen-bond donors (Lipinski definition) is 3. The van der Waals surface area contributed by atoms with Gasteiger partial charge in [-0.1, -0.05) is 0 Å². The Kier molecular flexibility index (Phi) is 5.42. The standard InChI is InChI=1S/C12H13I2NO4/c1-6(16)15-12(2,11(18)19)5-7-3-8(13)10(17)9(14)4-7/h3-4,17H,5H2,1-2H3,(H,15,16)(H,18,19)/t12-/m0/s1. The third kappa shape index (κ3) is 4.20. The van der Waals surface area contributed by atoms with Crippen molar-refractivity contribution in [3.8, 4) is 5.75 Å². The summed E-state index contributed by atoms with van der Waals surface area (Å²) in [6.45, 7) is 2.74. The van der Waals surface area contributed by atoms with Gasteiger partial charge in [-0.15, -0.1) is 0 Å². The van der Waals surface area contributed by atoms with Gasteiger partial charge in [-0.2, -0.15) is 0 Å². The van der Waals surface area contributed by atoms with E-state index >= 15 is 0 Å². The fourth-order valence-electron chi connectivity index (χ4n) is 1.69. The number of rotatable bonds is 4. The molecule has 1 amide bonds. The first-order valence-corrected chi connectivity index (χ1v) is 7.50. The Labute approximate surface area is 138 Å². The molecule has 104 valence electrons. The molecule has 0 aromatic heterocycles. The second kappa shape index (κ2) is 6.25. The van der Waals surface area contributed by atoms with Crippen molar-refractivity contribution in [1.82, 2.24) is 5.32 Å². The molecule has 0 aliphatic rings. The number of carboxylic acid groups (broad SMARTS) is 1. The number of hydrogen-bond acceptors (Lipinski definition) is 3. The van der Waals surface area contributed by atoms with Crippen LogP contribution >= 0.6 is 45.2 Å². The van der Waals surface area contributed by atoms with E-state index in [4.69, 9.17) is 0 Å². The number of carboxylic acids is 1. The molecule has 19 heavy (non-hydrogen) atoms. The van der Waals surface area contributed by atoms with Crippen LogP contribution < -0.4 is 5.32 Å². The average molecular weight is 489 g/mol. The summed E-state index contributed by atoms with van der Waals surface area (Å²) < 4.78 is 1.30. The summed E-state index contributed by atoms with van der Waals surface area (Å²) in [5.74, 6) is -1.31. The molecule has 0 saturated carbocycles. The van der Waals surface area contributed by atoms with Crippen LogP contribution in [0.3, 0.4) is 0 Å². The number of aromatic hydroxyl groups is 1. The van der Waals surface area contributed by atoms with E-state index in [1.807, 2.05) is 45.2 Å². The van der Waals surface area contributed by atoms with E-state index in [1.165, 1.54) is 13.8 Å². The van der Waals surface area contributed by atoms with E-state index in [2.05, 4.69) is 5.32 Å². The van der Waals surface area contributed by atoms with E-state index in [-0.39, 0.29) is 12.2 Å². The Morgan fingerprint density at radius 1 is 1.32 bits per heavy atom. The lowest BCUT2D eigenvalue weighted by molar-refractivity contribution is -0.146. The summed E-state index contributed by atoms with van der Waals surface area (Å²) in [5.41, 5.74) is -0.625. The smallest absolute Gasteiger partial charge is 0.329 e. The predicted octanol–water partition coefficient (Wildman–Crippen LogP) is 2.12. The van der Waals surface area contributed by atoms with E-state index in [9.17, 15) is 19.8 Å². The number of nitrogens with one attached hydrogen (secondary N) is 1. The highest BCUT2D eigenvalue weighted by atomic mass is 127. The zero-order valence-electron chi connectivity index (χ0n) is 10.3. The number of phenolic OH excluding ortho intramolecular Hbond substituents is 1. The minimum atomic E-state index is -1.37. The summed E-state index contributed by atoms with van der Waals surface area (Å²) in [5, 5.41) is 21.4. The third-order valence-electron chi connectivity index (χ3n) is 2.56. The topological polar surface area (TPSA) is 86.6 Å². The normalized spacial score (nSPS) is 13.7. The molecule has 5 nitrogen and oxygen atoms in total. The van der Waals surface area contributed by atoms with Gasteiger partial charge in [-0.05, 0) is 69.8 Å². The fourth-order valence-corrected chi connectivity index (χ4v) is 3.59. The van der Waals surface area contributed by atoms with Gasteiger partial charge in [-0.3, -0.25) is 4.79 Å². The predicted molar refractivity (Wildman–Crippen MR) is 87.1 cm³/mol. The summed E-state index contributed by atoms with van der Waals surface area (Å²) in [6.07, 6.45) is 0.147. The van der Waals surface area contributed by atoms with Crippen molar-refractivity contribution < 1.29 is 19.8 Å². The van der Waals surface area contributed by atoms with Crippen molar-refractivity contribution in [2.75, 3.05) is 0 Å². The highest BCUT2D eigenvalue weighted by molar-refractivity contribution is 14.1. The molecule has 0 radical (unpaired) electrons. The van der Waals surface area contributed by atoms with Crippen LogP contribution in [0.15, 0.2) is 12.1 Å². The SMILES string of the molecule is CC(=O)N[C@@](C)(Cc1cc(I)c(O)c(I)c1)C(=O)O. The maximum absolute atomic E-state index is 11.3. The zero-order valence-corrected chi connectivity index (χ0v) is 14.6. The molecule has 0 fully saturated rings. The number of halogens is 2. The summed E-state index contributed by atoms with van der Waals surface area (Å²) in [7, 11) is 0. The van der Waals surface area contributed by atoms with Crippen LogP contribution in [-0.4, -0.2) is 27.6 Å². The largest absolute Gasteiger partial charge is 0.506 e. The van der Waals surface area contributed by atoms with Crippen molar-refractivity contribution in [3.63, 3.8) is 0 Å². The maximum atomic E-state index is 11.3. The molecule has 1 atom stereocenters. The molecule has 0 aliphatic carbocycles. The van der Waals surface area contributed by atoms with Crippen LogP contribution in [0.1, 0.15) is 19.4 Å². The highest BCUT2D eigenvalue weighted by Crippen LogP contribution is 2.28. The summed E-state index contributed by atoms with van der Waals surface area (Å²) in [4.78, 5) is 22.5. The quantitative estimate of drug-likeness (QED) is 0.567. The molecule has 0 saturated heterocycles. The Morgan fingerprint density at radius 3 is 2.16 bits per heavy atom. The molecule has 0 heterocycles. The molecule has 3 N–H and O–H groups in total. The Balaban J connectivity index is 3.10. The van der Waals surface area contributed by atoms with Crippen molar-refractivity contribution in [2.45, 2.75) is 25.8 Å². The molecule has 0 bridgehead atoms. The first-order valence-electron chi connectivity index (χ1n) is 5.35. The molecule has 1 aromatic rings. The van der Waals surface area contributed by atoms with Crippen molar-refractivity contribution in [2.24, 2.45) is 0 Å².